The van der Waals surface area contributed by atoms with Gasteiger partial charge in [-0.2, -0.15) is 4.31 Å². The maximum atomic E-state index is 12.6. The van der Waals surface area contributed by atoms with E-state index in [0.29, 0.717) is 18.8 Å². The molecular formula is C13H20ClNO5S. The minimum absolute atomic E-state index is 0.0689. The zero-order chi connectivity index (χ0) is 16.0. The Balaban J connectivity index is 3.21. The van der Waals surface area contributed by atoms with E-state index in [0.717, 1.165) is 4.31 Å². The van der Waals surface area contributed by atoms with Gasteiger partial charge in [0.15, 0.2) is 0 Å². The fraction of sp³-hybridized carbons (Fsp3) is 0.538. The van der Waals surface area contributed by atoms with Crippen LogP contribution in [0.5, 0.6) is 5.75 Å². The molecule has 0 fully saturated rings. The molecule has 0 bridgehead atoms. The number of aliphatic hydroxyl groups excluding tert-OH is 1. The highest BCUT2D eigenvalue weighted by Crippen LogP contribution is 2.33. The van der Waals surface area contributed by atoms with E-state index in [9.17, 15) is 13.5 Å². The maximum absolute atomic E-state index is 12.6. The van der Waals surface area contributed by atoms with E-state index in [-0.39, 0.29) is 28.8 Å². The molecule has 1 rings (SSSR count). The summed E-state index contributed by atoms with van der Waals surface area (Å²) in [6.45, 7) is 2.49. The number of benzene rings is 1. The molecule has 8 heteroatoms. The molecule has 0 aliphatic heterocycles. The number of hydrogen-bond acceptors (Lipinski definition) is 5. The quantitative estimate of drug-likeness (QED) is 0.727. The molecule has 0 atom stereocenters. The minimum Gasteiger partial charge on any atom is -0.495 e. The largest absolute Gasteiger partial charge is 0.495 e. The predicted octanol–water partition coefficient (Wildman–Crippen LogP) is 1.50. The van der Waals surface area contributed by atoms with Crippen molar-refractivity contribution in [1.82, 2.24) is 4.31 Å². The monoisotopic (exact) mass is 337 g/mol. The number of rotatable bonds is 8. The second-order valence-electron chi connectivity index (χ2n) is 4.28. The number of methoxy groups -OCH3 is 1. The van der Waals surface area contributed by atoms with Crippen molar-refractivity contribution in [3.05, 3.63) is 22.7 Å². The molecule has 120 valence electrons. The molecule has 0 spiro atoms. The Morgan fingerprint density at radius 1 is 1.38 bits per heavy atom. The zero-order valence-corrected chi connectivity index (χ0v) is 13.9. The zero-order valence-electron chi connectivity index (χ0n) is 12.3. The molecule has 0 amide bonds. The summed E-state index contributed by atoms with van der Waals surface area (Å²) in [5, 5.41) is 9.53. The Bertz CT molecular complexity index is 576. The fourth-order valence-corrected chi connectivity index (χ4v) is 3.47. The van der Waals surface area contributed by atoms with Crippen LogP contribution in [0.15, 0.2) is 17.0 Å². The molecule has 21 heavy (non-hydrogen) atoms. The van der Waals surface area contributed by atoms with E-state index < -0.39 is 10.0 Å². The molecule has 0 aromatic heterocycles. The first-order valence-electron chi connectivity index (χ1n) is 6.39. The number of nitrogens with zero attached hydrogens (tertiary/aromatic N) is 1. The minimum atomic E-state index is -3.78. The first-order chi connectivity index (χ1) is 9.88. The Hall–Kier alpha value is -0.860. The van der Waals surface area contributed by atoms with Crippen LogP contribution in [-0.2, 0) is 21.4 Å². The SMILES string of the molecule is CCOCCN(C)S(=O)(=O)c1cc(Cl)cc(CO)c1OC. The Labute approximate surface area is 130 Å². The van der Waals surface area contributed by atoms with Crippen molar-refractivity contribution in [2.75, 3.05) is 33.9 Å². The highest BCUT2D eigenvalue weighted by Gasteiger charge is 2.27. The van der Waals surface area contributed by atoms with Gasteiger partial charge in [-0.15, -0.1) is 0 Å². The van der Waals surface area contributed by atoms with E-state index in [4.69, 9.17) is 21.1 Å². The second kappa shape index (κ2) is 7.95. The van der Waals surface area contributed by atoms with Crippen LogP contribution in [0.1, 0.15) is 12.5 Å². The van der Waals surface area contributed by atoms with Crippen LogP contribution in [-0.4, -0.2) is 51.7 Å². The third-order valence-corrected chi connectivity index (χ3v) is 4.99. The third kappa shape index (κ3) is 4.31. The molecule has 0 radical (unpaired) electrons. The molecular weight excluding hydrogens is 318 g/mol. The lowest BCUT2D eigenvalue weighted by atomic mass is 10.2. The molecule has 1 aromatic rings. The average Bonchev–Trinajstić information content (AvgIpc) is 2.46. The summed E-state index contributed by atoms with van der Waals surface area (Å²) in [6.07, 6.45) is 0. The molecule has 0 unspecified atom stereocenters. The molecule has 0 heterocycles. The Kier molecular flexibility index (Phi) is 6.89. The summed E-state index contributed by atoms with van der Waals surface area (Å²) in [5.74, 6) is 0.102. The van der Waals surface area contributed by atoms with Gasteiger partial charge in [-0.05, 0) is 19.1 Å². The smallest absolute Gasteiger partial charge is 0.246 e. The number of hydrogen-bond donors (Lipinski definition) is 1. The molecule has 0 saturated heterocycles. The summed E-state index contributed by atoms with van der Waals surface area (Å²) < 4.78 is 36.6. The normalized spacial score (nSPS) is 11.9. The van der Waals surface area contributed by atoms with Gasteiger partial charge < -0.3 is 14.6 Å². The van der Waals surface area contributed by atoms with Gasteiger partial charge in [-0.1, -0.05) is 11.6 Å². The standard InChI is InChI=1S/C13H20ClNO5S/c1-4-20-6-5-15(2)21(17,18)12-8-11(14)7-10(9-16)13(12)19-3/h7-8,16H,4-6,9H2,1-3H3. The lowest BCUT2D eigenvalue weighted by Crippen LogP contribution is -2.30. The van der Waals surface area contributed by atoms with Gasteiger partial charge in [-0.3, -0.25) is 0 Å². The van der Waals surface area contributed by atoms with Crippen LogP contribution in [0, 0.1) is 0 Å². The third-order valence-electron chi connectivity index (χ3n) is 2.91. The summed E-state index contributed by atoms with van der Waals surface area (Å²) in [4.78, 5) is -0.0689. The lowest BCUT2D eigenvalue weighted by Gasteiger charge is -2.20. The Morgan fingerprint density at radius 2 is 2.05 bits per heavy atom. The molecule has 0 aliphatic carbocycles. The van der Waals surface area contributed by atoms with Gasteiger partial charge in [-0.25, -0.2) is 8.42 Å². The summed E-state index contributed by atoms with van der Waals surface area (Å²) in [6, 6.07) is 2.78. The number of sulfonamides is 1. The van der Waals surface area contributed by atoms with Crippen molar-refractivity contribution in [3.63, 3.8) is 0 Å². The van der Waals surface area contributed by atoms with Crippen LogP contribution in [0.3, 0.4) is 0 Å². The number of halogens is 1. The van der Waals surface area contributed by atoms with E-state index in [1.54, 1.807) is 0 Å². The van der Waals surface area contributed by atoms with Gasteiger partial charge in [0.1, 0.15) is 10.6 Å². The second-order valence-corrected chi connectivity index (χ2v) is 6.73. The van der Waals surface area contributed by atoms with E-state index in [1.807, 2.05) is 6.92 Å². The lowest BCUT2D eigenvalue weighted by molar-refractivity contribution is 0.138. The van der Waals surface area contributed by atoms with Crippen LogP contribution in [0.25, 0.3) is 0 Å². The van der Waals surface area contributed by atoms with E-state index in [1.165, 1.54) is 26.3 Å². The molecule has 0 aliphatic rings. The van der Waals surface area contributed by atoms with E-state index >= 15 is 0 Å². The molecule has 1 aromatic carbocycles. The number of aliphatic hydroxyl groups is 1. The van der Waals surface area contributed by atoms with Crippen LogP contribution >= 0.6 is 11.6 Å². The average molecular weight is 338 g/mol. The Morgan fingerprint density at radius 3 is 2.57 bits per heavy atom. The topological polar surface area (TPSA) is 76.1 Å². The number of ether oxygens (including phenoxy) is 2. The summed E-state index contributed by atoms with van der Waals surface area (Å²) in [5.41, 5.74) is 0.321. The molecule has 6 nitrogen and oxygen atoms in total. The highest BCUT2D eigenvalue weighted by molar-refractivity contribution is 7.89. The first kappa shape index (κ1) is 18.2. The van der Waals surface area contributed by atoms with Gasteiger partial charge in [0.2, 0.25) is 10.0 Å². The van der Waals surface area contributed by atoms with Gasteiger partial charge in [0.25, 0.3) is 0 Å². The molecule has 1 N–H and O–H groups in total. The summed E-state index contributed by atoms with van der Waals surface area (Å²) in [7, 11) is -0.984. The van der Waals surface area contributed by atoms with Crippen molar-refractivity contribution < 1.29 is 23.0 Å². The number of likely N-dealkylation sites (N-methyl/N-ethyl adjacent to an activating group) is 1. The first-order valence-corrected chi connectivity index (χ1v) is 8.21. The van der Waals surface area contributed by atoms with Crippen LogP contribution < -0.4 is 4.74 Å². The fourth-order valence-electron chi connectivity index (χ4n) is 1.79. The van der Waals surface area contributed by atoms with Gasteiger partial charge in [0, 0.05) is 30.8 Å². The van der Waals surface area contributed by atoms with Gasteiger partial charge in [0.05, 0.1) is 20.3 Å². The van der Waals surface area contributed by atoms with Crippen molar-refractivity contribution in [2.45, 2.75) is 18.4 Å². The van der Waals surface area contributed by atoms with Crippen molar-refractivity contribution >= 4 is 21.6 Å². The van der Waals surface area contributed by atoms with Crippen molar-refractivity contribution in [3.8, 4) is 5.75 Å². The highest BCUT2D eigenvalue weighted by atomic mass is 35.5. The van der Waals surface area contributed by atoms with E-state index in [2.05, 4.69) is 0 Å². The predicted molar refractivity (Wildman–Crippen MR) is 80.2 cm³/mol. The van der Waals surface area contributed by atoms with Crippen LogP contribution in [0.4, 0.5) is 0 Å². The van der Waals surface area contributed by atoms with Crippen molar-refractivity contribution in [1.29, 1.82) is 0 Å². The summed E-state index contributed by atoms with van der Waals surface area (Å²) >= 11 is 5.92. The van der Waals surface area contributed by atoms with Crippen LogP contribution in [0.2, 0.25) is 5.02 Å². The van der Waals surface area contributed by atoms with Gasteiger partial charge >= 0.3 is 0 Å². The van der Waals surface area contributed by atoms with Crippen molar-refractivity contribution in [2.24, 2.45) is 0 Å². The maximum Gasteiger partial charge on any atom is 0.246 e. The molecule has 0 saturated carbocycles.